The maximum absolute atomic E-state index is 11.8. The third kappa shape index (κ3) is 4.37. The standard InChI is InChI=1S/C10H17N3O3S/c1-7(2)8-9(17-13-12-8)10(15)11-3-5-16-6-4-14/h7,14H,3-6H2,1-2H3,(H,11,15). The van der Waals surface area contributed by atoms with Crippen molar-refractivity contribution in [3.05, 3.63) is 10.6 Å². The highest BCUT2D eigenvalue weighted by Crippen LogP contribution is 2.19. The lowest BCUT2D eigenvalue weighted by Gasteiger charge is -2.06. The predicted octanol–water partition coefficient (Wildman–Crippen LogP) is 0.400. The summed E-state index contributed by atoms with van der Waals surface area (Å²) in [4.78, 5) is 12.3. The molecule has 0 saturated heterocycles. The molecule has 0 aromatic carbocycles. The first-order valence-electron chi connectivity index (χ1n) is 5.45. The van der Waals surface area contributed by atoms with Crippen LogP contribution in [0, 0.1) is 0 Å². The van der Waals surface area contributed by atoms with Gasteiger partial charge in [-0.1, -0.05) is 18.3 Å². The number of hydrogen-bond acceptors (Lipinski definition) is 6. The van der Waals surface area contributed by atoms with Crippen molar-refractivity contribution in [3.63, 3.8) is 0 Å². The fourth-order valence-electron chi connectivity index (χ4n) is 1.22. The molecule has 1 aromatic heterocycles. The van der Waals surface area contributed by atoms with E-state index >= 15 is 0 Å². The van der Waals surface area contributed by atoms with Gasteiger partial charge in [-0.15, -0.1) is 5.10 Å². The van der Waals surface area contributed by atoms with Gasteiger partial charge in [0.25, 0.3) is 5.91 Å². The Morgan fingerprint density at radius 3 is 2.94 bits per heavy atom. The summed E-state index contributed by atoms with van der Waals surface area (Å²) in [5.41, 5.74) is 0.726. The average molecular weight is 259 g/mol. The molecule has 0 unspecified atom stereocenters. The Hall–Kier alpha value is -1.05. The van der Waals surface area contributed by atoms with Crippen LogP contribution in [-0.4, -0.2) is 47.0 Å². The number of aliphatic hydroxyl groups excluding tert-OH is 1. The van der Waals surface area contributed by atoms with E-state index in [1.165, 1.54) is 0 Å². The second kappa shape index (κ2) is 7.31. The number of aliphatic hydroxyl groups is 1. The zero-order valence-electron chi connectivity index (χ0n) is 9.97. The van der Waals surface area contributed by atoms with E-state index in [2.05, 4.69) is 14.9 Å². The van der Waals surface area contributed by atoms with Crippen LogP contribution in [0.25, 0.3) is 0 Å². The molecule has 1 rings (SSSR count). The zero-order valence-corrected chi connectivity index (χ0v) is 10.8. The molecule has 2 N–H and O–H groups in total. The topological polar surface area (TPSA) is 84.3 Å². The summed E-state index contributed by atoms with van der Waals surface area (Å²) < 4.78 is 8.82. The third-order valence-corrected chi connectivity index (χ3v) is 2.77. The molecule has 0 spiro atoms. The van der Waals surface area contributed by atoms with Crippen LogP contribution >= 0.6 is 11.5 Å². The quantitative estimate of drug-likeness (QED) is 0.692. The molecule has 0 atom stereocenters. The number of aromatic nitrogens is 2. The largest absolute Gasteiger partial charge is 0.394 e. The van der Waals surface area contributed by atoms with Crippen molar-refractivity contribution >= 4 is 17.4 Å². The zero-order chi connectivity index (χ0) is 12.7. The maximum Gasteiger partial charge on any atom is 0.265 e. The molecule has 1 heterocycles. The second-order valence-electron chi connectivity index (χ2n) is 3.73. The van der Waals surface area contributed by atoms with Gasteiger partial charge in [-0.2, -0.15) is 0 Å². The van der Waals surface area contributed by atoms with Crippen LogP contribution in [0.1, 0.15) is 35.1 Å². The highest BCUT2D eigenvalue weighted by molar-refractivity contribution is 7.08. The van der Waals surface area contributed by atoms with Gasteiger partial charge in [0.2, 0.25) is 0 Å². The number of carbonyl (C=O) groups excluding carboxylic acids is 1. The monoisotopic (exact) mass is 259 g/mol. The van der Waals surface area contributed by atoms with Crippen molar-refractivity contribution in [1.29, 1.82) is 0 Å². The molecule has 0 aliphatic carbocycles. The summed E-state index contributed by atoms with van der Waals surface area (Å²) in [7, 11) is 0. The molecule has 6 nitrogen and oxygen atoms in total. The summed E-state index contributed by atoms with van der Waals surface area (Å²) in [6, 6.07) is 0. The van der Waals surface area contributed by atoms with Crippen molar-refractivity contribution in [2.24, 2.45) is 0 Å². The van der Waals surface area contributed by atoms with Crippen molar-refractivity contribution in [1.82, 2.24) is 14.9 Å². The Bertz CT molecular complexity index is 354. The van der Waals surface area contributed by atoms with Gasteiger partial charge in [0.05, 0.1) is 25.5 Å². The molecule has 0 radical (unpaired) electrons. The average Bonchev–Trinajstić information content (AvgIpc) is 2.77. The van der Waals surface area contributed by atoms with Crippen LogP contribution in [0.5, 0.6) is 0 Å². The third-order valence-electron chi connectivity index (χ3n) is 2.03. The van der Waals surface area contributed by atoms with E-state index in [9.17, 15) is 4.79 Å². The predicted molar refractivity (Wildman–Crippen MR) is 64.2 cm³/mol. The molecule has 17 heavy (non-hydrogen) atoms. The minimum atomic E-state index is -0.170. The lowest BCUT2D eigenvalue weighted by molar-refractivity contribution is 0.0839. The number of amides is 1. The minimum Gasteiger partial charge on any atom is -0.394 e. The van der Waals surface area contributed by atoms with Gasteiger partial charge in [0.1, 0.15) is 4.88 Å². The number of hydrogen-bond donors (Lipinski definition) is 2. The lowest BCUT2D eigenvalue weighted by Crippen LogP contribution is -2.27. The number of carbonyl (C=O) groups is 1. The van der Waals surface area contributed by atoms with Crippen LogP contribution in [0.2, 0.25) is 0 Å². The van der Waals surface area contributed by atoms with Crippen molar-refractivity contribution in [3.8, 4) is 0 Å². The van der Waals surface area contributed by atoms with Crippen LogP contribution in [0.4, 0.5) is 0 Å². The van der Waals surface area contributed by atoms with E-state index in [-0.39, 0.29) is 25.0 Å². The van der Waals surface area contributed by atoms with E-state index < -0.39 is 0 Å². The van der Waals surface area contributed by atoms with Gasteiger partial charge in [0.15, 0.2) is 0 Å². The van der Waals surface area contributed by atoms with E-state index in [4.69, 9.17) is 9.84 Å². The van der Waals surface area contributed by atoms with Gasteiger partial charge in [-0.25, -0.2) is 0 Å². The Morgan fingerprint density at radius 1 is 1.53 bits per heavy atom. The maximum atomic E-state index is 11.8. The van der Waals surface area contributed by atoms with E-state index in [1.54, 1.807) is 0 Å². The summed E-state index contributed by atoms with van der Waals surface area (Å²) >= 11 is 1.10. The Morgan fingerprint density at radius 2 is 2.29 bits per heavy atom. The Kier molecular flexibility index (Phi) is 6.03. The first-order valence-corrected chi connectivity index (χ1v) is 6.23. The molecule has 1 aromatic rings. The SMILES string of the molecule is CC(C)c1nnsc1C(=O)NCCOCCO. The Balaban J connectivity index is 2.39. The van der Waals surface area contributed by atoms with Gasteiger partial charge in [-0.05, 0) is 17.5 Å². The number of rotatable bonds is 7. The molecule has 0 bridgehead atoms. The van der Waals surface area contributed by atoms with Crippen molar-refractivity contribution < 1.29 is 14.6 Å². The number of nitrogens with zero attached hydrogens (tertiary/aromatic N) is 2. The van der Waals surface area contributed by atoms with Gasteiger partial charge in [-0.3, -0.25) is 4.79 Å². The van der Waals surface area contributed by atoms with Gasteiger partial charge < -0.3 is 15.2 Å². The van der Waals surface area contributed by atoms with E-state index in [0.717, 1.165) is 17.2 Å². The first-order chi connectivity index (χ1) is 8.16. The molecular weight excluding hydrogens is 242 g/mol. The van der Waals surface area contributed by atoms with Crippen molar-refractivity contribution in [2.75, 3.05) is 26.4 Å². The van der Waals surface area contributed by atoms with E-state index in [0.29, 0.717) is 18.0 Å². The highest BCUT2D eigenvalue weighted by atomic mass is 32.1. The molecular formula is C10H17N3O3S. The molecule has 7 heteroatoms. The highest BCUT2D eigenvalue weighted by Gasteiger charge is 2.17. The summed E-state index contributed by atoms with van der Waals surface area (Å²) in [6.45, 7) is 5.01. The molecule has 0 fully saturated rings. The molecule has 96 valence electrons. The van der Waals surface area contributed by atoms with Crippen LogP contribution in [0.3, 0.4) is 0 Å². The number of nitrogens with one attached hydrogen (secondary N) is 1. The second-order valence-corrected chi connectivity index (χ2v) is 4.49. The van der Waals surface area contributed by atoms with Gasteiger partial charge in [0, 0.05) is 6.54 Å². The number of ether oxygens (including phenoxy) is 1. The lowest BCUT2D eigenvalue weighted by atomic mass is 10.1. The first kappa shape index (κ1) is 14.0. The molecule has 0 aliphatic heterocycles. The summed E-state index contributed by atoms with van der Waals surface area (Å²) in [5, 5.41) is 15.2. The fraction of sp³-hybridized carbons (Fsp3) is 0.700. The van der Waals surface area contributed by atoms with Crippen LogP contribution in [0.15, 0.2) is 0 Å². The molecule has 1 amide bonds. The smallest absolute Gasteiger partial charge is 0.265 e. The summed E-state index contributed by atoms with van der Waals surface area (Å²) in [5.74, 6) is 0.0106. The van der Waals surface area contributed by atoms with Crippen molar-refractivity contribution in [2.45, 2.75) is 19.8 Å². The fourth-order valence-corrected chi connectivity index (χ4v) is 1.95. The minimum absolute atomic E-state index is 0.00971. The van der Waals surface area contributed by atoms with Gasteiger partial charge >= 0.3 is 0 Å². The summed E-state index contributed by atoms with van der Waals surface area (Å²) in [6.07, 6.45) is 0. The molecule has 0 aliphatic rings. The van der Waals surface area contributed by atoms with E-state index in [1.807, 2.05) is 13.8 Å². The van der Waals surface area contributed by atoms with Crippen LogP contribution in [-0.2, 0) is 4.74 Å². The Labute approximate surface area is 104 Å². The normalized spacial score (nSPS) is 10.8. The molecule has 0 saturated carbocycles. The van der Waals surface area contributed by atoms with Crippen LogP contribution < -0.4 is 5.32 Å².